The van der Waals surface area contributed by atoms with Crippen LogP contribution in [0.3, 0.4) is 0 Å². The first-order valence-corrected chi connectivity index (χ1v) is 14.5. The lowest BCUT2D eigenvalue weighted by atomic mass is 9.93. The SMILES string of the molecule is C#Cc1ccc2c(c1)[nH]c1c2c(=O)c2cc(CCCC)c(-c3cccc(OS(=O)(=O)F)c3)cc2n1C1CN(C)C1. The summed E-state index contributed by atoms with van der Waals surface area (Å²) in [6.07, 6.45) is 8.22. The standard InChI is InChI=1S/C31H28FN3O4S/c1-4-6-8-21-15-26-28(16-25(21)20-9-7-10-23(14-20)39-40(32,37)38)35(22-17-34(3)18-22)31-29(30(26)36)24-12-11-19(5-2)13-27(24)33-31/h2,7,9-16,22,33H,4,6,8,17-18H2,1,3H3. The molecule has 0 bridgehead atoms. The molecule has 0 radical (unpaired) electrons. The van der Waals surface area contributed by atoms with E-state index in [1.165, 1.54) is 12.1 Å². The number of aromatic nitrogens is 2. The second-order valence-corrected chi connectivity index (χ2v) is 11.4. The number of benzene rings is 3. The Labute approximate surface area is 231 Å². The van der Waals surface area contributed by atoms with Crippen molar-refractivity contribution in [2.75, 3.05) is 20.1 Å². The number of unbranched alkanes of at least 4 members (excludes halogenated alkanes) is 1. The molecule has 7 nitrogen and oxygen atoms in total. The number of rotatable bonds is 7. The predicted molar refractivity (Wildman–Crippen MR) is 157 cm³/mol. The maximum Gasteiger partial charge on any atom is 0.488 e. The third kappa shape index (κ3) is 4.53. The maximum absolute atomic E-state index is 14.1. The van der Waals surface area contributed by atoms with Crippen LogP contribution in [0.2, 0.25) is 0 Å². The zero-order valence-electron chi connectivity index (χ0n) is 22.2. The number of aryl methyl sites for hydroxylation is 1. The Morgan fingerprint density at radius 1 is 1.12 bits per heavy atom. The normalized spacial score (nSPS) is 14.6. The molecule has 0 atom stereocenters. The largest absolute Gasteiger partial charge is 0.488 e. The fraction of sp³-hybridized carbons (Fsp3) is 0.258. The molecule has 204 valence electrons. The topological polar surface area (TPSA) is 84.4 Å². The average molecular weight is 558 g/mol. The number of aromatic amines is 1. The van der Waals surface area contributed by atoms with E-state index in [0.29, 0.717) is 16.3 Å². The van der Waals surface area contributed by atoms with E-state index in [4.69, 9.17) is 6.42 Å². The molecule has 1 saturated heterocycles. The van der Waals surface area contributed by atoms with Crippen molar-refractivity contribution < 1.29 is 16.5 Å². The van der Waals surface area contributed by atoms with Crippen molar-refractivity contribution >= 4 is 43.3 Å². The summed E-state index contributed by atoms with van der Waals surface area (Å²) in [6, 6.07) is 16.1. The second kappa shape index (κ2) is 9.81. The van der Waals surface area contributed by atoms with Crippen LogP contribution in [0.15, 0.2) is 59.4 Å². The highest BCUT2D eigenvalue weighted by Gasteiger charge is 2.29. The number of likely N-dealkylation sites (tertiary alicyclic amines) is 1. The third-order valence-electron chi connectivity index (χ3n) is 7.69. The molecule has 3 heterocycles. The van der Waals surface area contributed by atoms with E-state index >= 15 is 0 Å². The summed E-state index contributed by atoms with van der Waals surface area (Å²) >= 11 is 0. The van der Waals surface area contributed by atoms with Crippen LogP contribution in [0.5, 0.6) is 5.75 Å². The number of halogens is 1. The number of hydrogen-bond donors (Lipinski definition) is 1. The van der Waals surface area contributed by atoms with Gasteiger partial charge in [-0.1, -0.05) is 41.3 Å². The molecule has 40 heavy (non-hydrogen) atoms. The summed E-state index contributed by atoms with van der Waals surface area (Å²) in [6.45, 7) is 3.74. The molecular formula is C31H28FN3O4S. The van der Waals surface area contributed by atoms with E-state index in [0.717, 1.165) is 71.1 Å². The van der Waals surface area contributed by atoms with Gasteiger partial charge in [-0.25, -0.2) is 0 Å². The number of nitrogens with zero attached hydrogens (tertiary/aromatic N) is 2. The molecule has 0 spiro atoms. The van der Waals surface area contributed by atoms with E-state index in [-0.39, 0.29) is 17.2 Å². The fourth-order valence-electron chi connectivity index (χ4n) is 5.83. The minimum atomic E-state index is -5.17. The lowest BCUT2D eigenvalue weighted by Crippen LogP contribution is -2.45. The smallest absolute Gasteiger partial charge is 0.358 e. The highest BCUT2D eigenvalue weighted by atomic mass is 32.3. The van der Waals surface area contributed by atoms with Gasteiger partial charge in [-0.2, -0.15) is 8.42 Å². The van der Waals surface area contributed by atoms with Crippen molar-refractivity contribution in [3.8, 4) is 29.2 Å². The van der Waals surface area contributed by atoms with Gasteiger partial charge in [0.2, 0.25) is 0 Å². The van der Waals surface area contributed by atoms with E-state index in [1.807, 2.05) is 36.4 Å². The van der Waals surface area contributed by atoms with Gasteiger partial charge in [0, 0.05) is 34.9 Å². The molecule has 5 aromatic rings. The summed E-state index contributed by atoms with van der Waals surface area (Å²) in [7, 11) is -3.11. The van der Waals surface area contributed by atoms with Gasteiger partial charge in [-0.15, -0.1) is 6.42 Å². The number of nitrogens with one attached hydrogen (secondary N) is 1. The molecule has 1 N–H and O–H groups in total. The Kier molecular flexibility index (Phi) is 6.40. The van der Waals surface area contributed by atoms with Crippen LogP contribution < -0.4 is 9.61 Å². The number of fused-ring (bicyclic) bond motifs is 4. The van der Waals surface area contributed by atoms with Crippen LogP contribution in [0.1, 0.15) is 36.9 Å². The molecule has 0 aliphatic carbocycles. The van der Waals surface area contributed by atoms with Gasteiger partial charge in [0.05, 0.1) is 16.9 Å². The Bertz CT molecular complexity index is 2010. The Balaban J connectivity index is 1.68. The molecule has 2 aromatic heterocycles. The van der Waals surface area contributed by atoms with Gasteiger partial charge < -0.3 is 18.6 Å². The molecule has 1 fully saturated rings. The van der Waals surface area contributed by atoms with E-state index in [2.05, 4.69) is 38.5 Å². The highest BCUT2D eigenvalue weighted by molar-refractivity contribution is 7.81. The number of hydrogen-bond acceptors (Lipinski definition) is 5. The lowest BCUT2D eigenvalue weighted by molar-refractivity contribution is 0.146. The van der Waals surface area contributed by atoms with Crippen molar-refractivity contribution in [1.82, 2.24) is 14.5 Å². The Morgan fingerprint density at radius 2 is 1.93 bits per heavy atom. The van der Waals surface area contributed by atoms with Crippen molar-refractivity contribution in [3.05, 3.63) is 75.9 Å². The van der Waals surface area contributed by atoms with Crippen LogP contribution in [0.4, 0.5) is 3.89 Å². The lowest BCUT2D eigenvalue weighted by Gasteiger charge is -2.39. The van der Waals surface area contributed by atoms with Gasteiger partial charge in [-0.05, 0) is 73.0 Å². The van der Waals surface area contributed by atoms with Crippen molar-refractivity contribution in [2.45, 2.75) is 32.2 Å². The summed E-state index contributed by atoms with van der Waals surface area (Å²) in [5, 5.41) is 2.09. The maximum atomic E-state index is 14.1. The van der Waals surface area contributed by atoms with Gasteiger partial charge in [0.25, 0.3) is 0 Å². The van der Waals surface area contributed by atoms with Crippen molar-refractivity contribution in [3.63, 3.8) is 0 Å². The Hall–Kier alpha value is -4.13. The zero-order chi connectivity index (χ0) is 28.2. The molecule has 3 aromatic carbocycles. The summed E-state index contributed by atoms with van der Waals surface area (Å²) < 4.78 is 42.3. The highest BCUT2D eigenvalue weighted by Crippen LogP contribution is 2.37. The molecule has 6 rings (SSSR count). The fourth-order valence-corrected chi connectivity index (χ4v) is 6.17. The molecule has 1 aliphatic rings. The minimum absolute atomic E-state index is 0.0569. The van der Waals surface area contributed by atoms with Gasteiger partial charge in [0.1, 0.15) is 11.4 Å². The molecule has 1 aliphatic heterocycles. The molecule has 0 amide bonds. The van der Waals surface area contributed by atoms with Crippen LogP contribution >= 0.6 is 0 Å². The number of terminal acetylenes is 1. The van der Waals surface area contributed by atoms with E-state index in [9.17, 15) is 17.1 Å². The quantitative estimate of drug-likeness (QED) is 0.205. The first-order valence-electron chi connectivity index (χ1n) is 13.2. The molecule has 0 unspecified atom stereocenters. The van der Waals surface area contributed by atoms with Crippen molar-refractivity contribution in [2.24, 2.45) is 0 Å². The minimum Gasteiger partial charge on any atom is -0.358 e. The third-order valence-corrected chi connectivity index (χ3v) is 8.08. The number of likely N-dealkylation sites (N-methyl/N-ethyl adjacent to an activating group) is 1. The van der Waals surface area contributed by atoms with Gasteiger partial charge in [-0.3, -0.25) is 4.79 Å². The first kappa shape index (κ1) is 26.1. The number of H-pyrrole nitrogens is 1. The molecule has 0 saturated carbocycles. The van der Waals surface area contributed by atoms with E-state index < -0.39 is 10.5 Å². The summed E-state index contributed by atoms with van der Waals surface area (Å²) in [4.78, 5) is 19.8. The number of pyridine rings is 1. The van der Waals surface area contributed by atoms with E-state index in [1.54, 1.807) is 6.07 Å². The van der Waals surface area contributed by atoms with Crippen LogP contribution in [0, 0.1) is 12.3 Å². The Morgan fingerprint density at radius 3 is 2.62 bits per heavy atom. The first-order chi connectivity index (χ1) is 19.2. The van der Waals surface area contributed by atoms with Gasteiger partial charge in [0.15, 0.2) is 5.43 Å². The van der Waals surface area contributed by atoms with Crippen LogP contribution in [0.25, 0.3) is 44.0 Å². The molecule has 9 heteroatoms. The second-order valence-electron chi connectivity index (χ2n) is 10.5. The molecular weight excluding hydrogens is 529 g/mol. The zero-order valence-corrected chi connectivity index (χ0v) is 23.0. The summed E-state index contributed by atoms with van der Waals surface area (Å²) in [5.74, 6) is 2.55. The average Bonchev–Trinajstić information content (AvgIpc) is 3.28. The van der Waals surface area contributed by atoms with Crippen LogP contribution in [-0.4, -0.2) is 43.0 Å². The monoisotopic (exact) mass is 557 g/mol. The van der Waals surface area contributed by atoms with Crippen molar-refractivity contribution in [1.29, 1.82) is 0 Å². The summed E-state index contributed by atoms with van der Waals surface area (Å²) in [5.41, 5.74) is 5.47. The van der Waals surface area contributed by atoms with Gasteiger partial charge >= 0.3 is 10.5 Å². The van der Waals surface area contributed by atoms with Crippen LogP contribution in [-0.2, 0) is 16.9 Å². The predicted octanol–water partition coefficient (Wildman–Crippen LogP) is 5.71.